The summed E-state index contributed by atoms with van der Waals surface area (Å²) in [4.78, 5) is 39.2. The minimum Gasteiger partial charge on any atom is -0.460 e. The highest BCUT2D eigenvalue weighted by Crippen LogP contribution is 2.27. The summed E-state index contributed by atoms with van der Waals surface area (Å²) in [5.74, 6) is -0.391. The highest BCUT2D eigenvalue weighted by molar-refractivity contribution is 6.05. The summed E-state index contributed by atoms with van der Waals surface area (Å²) in [6.07, 6.45) is 1.85. The first-order valence-electron chi connectivity index (χ1n) is 9.42. The number of anilines is 2. The fraction of sp³-hybridized carbons (Fsp3) is 0.550. The van der Waals surface area contributed by atoms with Gasteiger partial charge < -0.3 is 9.64 Å². The summed E-state index contributed by atoms with van der Waals surface area (Å²) >= 11 is 0. The third-order valence-electron chi connectivity index (χ3n) is 4.82. The Balaban J connectivity index is 1.57. The first-order valence-corrected chi connectivity index (χ1v) is 9.42. The molecule has 27 heavy (non-hydrogen) atoms. The SMILES string of the molecule is CC(C)(C)OC(=O)C1CCN(c2ccc(N3CCC(=O)NC3=O)cc2)CC1. The lowest BCUT2D eigenvalue weighted by molar-refractivity contribution is -0.160. The molecule has 0 bridgehead atoms. The largest absolute Gasteiger partial charge is 0.460 e. The molecular weight excluding hydrogens is 346 g/mol. The van der Waals surface area contributed by atoms with Gasteiger partial charge in [-0.1, -0.05) is 0 Å². The monoisotopic (exact) mass is 373 g/mol. The third kappa shape index (κ3) is 4.78. The highest BCUT2D eigenvalue weighted by Gasteiger charge is 2.29. The molecule has 1 aromatic carbocycles. The minimum atomic E-state index is -0.449. The Morgan fingerprint density at radius 3 is 2.19 bits per heavy atom. The number of rotatable bonds is 3. The molecule has 7 nitrogen and oxygen atoms in total. The Kier molecular flexibility index (Phi) is 5.39. The van der Waals surface area contributed by atoms with Crippen LogP contribution in [0.25, 0.3) is 0 Å². The summed E-state index contributed by atoms with van der Waals surface area (Å²) in [5, 5.41) is 2.33. The topological polar surface area (TPSA) is 79.0 Å². The number of carbonyl (C=O) groups is 3. The molecule has 1 aromatic rings. The van der Waals surface area contributed by atoms with E-state index in [1.54, 1.807) is 4.90 Å². The van der Waals surface area contributed by atoms with Crippen molar-refractivity contribution in [2.24, 2.45) is 5.92 Å². The van der Waals surface area contributed by atoms with E-state index >= 15 is 0 Å². The molecule has 0 saturated carbocycles. The average Bonchev–Trinajstić information content (AvgIpc) is 2.61. The van der Waals surface area contributed by atoms with Crippen LogP contribution in [0.3, 0.4) is 0 Å². The second-order valence-corrected chi connectivity index (χ2v) is 8.07. The molecule has 0 spiro atoms. The molecule has 3 amide bonds. The summed E-state index contributed by atoms with van der Waals surface area (Å²) in [6.45, 7) is 7.65. The number of piperidine rings is 1. The van der Waals surface area contributed by atoms with Crippen LogP contribution in [0.4, 0.5) is 16.2 Å². The van der Waals surface area contributed by atoms with E-state index in [2.05, 4.69) is 10.2 Å². The van der Waals surface area contributed by atoms with Crippen molar-refractivity contribution in [3.05, 3.63) is 24.3 Å². The molecule has 3 rings (SSSR count). The molecule has 146 valence electrons. The molecule has 2 aliphatic heterocycles. The predicted molar refractivity (Wildman–Crippen MR) is 103 cm³/mol. The van der Waals surface area contributed by atoms with Crippen LogP contribution in [-0.4, -0.2) is 43.1 Å². The highest BCUT2D eigenvalue weighted by atomic mass is 16.6. The molecule has 1 N–H and O–H groups in total. The van der Waals surface area contributed by atoms with Crippen molar-refractivity contribution in [3.63, 3.8) is 0 Å². The summed E-state index contributed by atoms with van der Waals surface area (Å²) < 4.78 is 5.49. The summed E-state index contributed by atoms with van der Waals surface area (Å²) in [6, 6.07) is 7.37. The molecule has 0 aromatic heterocycles. The van der Waals surface area contributed by atoms with Crippen molar-refractivity contribution in [1.82, 2.24) is 5.32 Å². The van der Waals surface area contributed by atoms with E-state index in [9.17, 15) is 14.4 Å². The maximum atomic E-state index is 12.2. The van der Waals surface area contributed by atoms with E-state index in [1.807, 2.05) is 45.0 Å². The number of benzene rings is 1. The van der Waals surface area contributed by atoms with Gasteiger partial charge in [0.1, 0.15) is 5.60 Å². The molecule has 2 heterocycles. The van der Waals surface area contributed by atoms with Crippen LogP contribution in [0.2, 0.25) is 0 Å². The smallest absolute Gasteiger partial charge is 0.328 e. The first kappa shape index (κ1) is 19.2. The maximum Gasteiger partial charge on any atom is 0.328 e. The standard InChI is InChI=1S/C20H27N3O4/c1-20(2,3)27-18(25)14-8-11-22(12-9-14)15-4-6-16(7-5-15)23-13-10-17(24)21-19(23)26/h4-7,14H,8-13H2,1-3H3,(H,21,24,26). The zero-order valence-electron chi connectivity index (χ0n) is 16.2. The third-order valence-corrected chi connectivity index (χ3v) is 4.82. The van der Waals surface area contributed by atoms with Gasteiger partial charge in [0.05, 0.1) is 5.92 Å². The van der Waals surface area contributed by atoms with E-state index in [0.29, 0.717) is 13.0 Å². The van der Waals surface area contributed by atoms with Gasteiger partial charge >= 0.3 is 12.0 Å². The Bertz CT molecular complexity index is 716. The zero-order valence-corrected chi connectivity index (χ0v) is 16.2. The molecule has 2 fully saturated rings. The Labute approximate surface area is 159 Å². The normalized spacial score (nSPS) is 19.1. The molecular formula is C20H27N3O4. The second kappa shape index (κ2) is 7.58. The molecule has 2 aliphatic rings. The van der Waals surface area contributed by atoms with E-state index in [-0.39, 0.29) is 23.8 Å². The summed E-state index contributed by atoms with van der Waals surface area (Å²) in [5.41, 5.74) is 1.39. The molecule has 0 aliphatic carbocycles. The molecule has 7 heteroatoms. The predicted octanol–water partition coefficient (Wildman–Crippen LogP) is 2.69. The summed E-state index contributed by atoms with van der Waals surface area (Å²) in [7, 11) is 0. The number of ether oxygens (including phenoxy) is 1. The van der Waals surface area contributed by atoms with Gasteiger partial charge in [-0.25, -0.2) is 4.79 Å². The zero-order chi connectivity index (χ0) is 19.6. The number of esters is 1. The first-order chi connectivity index (χ1) is 12.7. The molecule has 0 radical (unpaired) electrons. The quantitative estimate of drug-likeness (QED) is 0.824. The van der Waals surface area contributed by atoms with Crippen molar-refractivity contribution >= 4 is 29.3 Å². The number of carbonyl (C=O) groups excluding carboxylic acids is 3. The molecule has 2 saturated heterocycles. The van der Waals surface area contributed by atoms with Crippen molar-refractivity contribution in [1.29, 1.82) is 0 Å². The lowest BCUT2D eigenvalue weighted by Gasteiger charge is -2.34. The Hall–Kier alpha value is -2.57. The molecule has 0 atom stereocenters. The lowest BCUT2D eigenvalue weighted by Crippen LogP contribution is -2.49. The van der Waals surface area contributed by atoms with Crippen LogP contribution < -0.4 is 15.1 Å². The van der Waals surface area contributed by atoms with Gasteiger partial charge in [0.15, 0.2) is 0 Å². The van der Waals surface area contributed by atoms with Crippen LogP contribution in [0.5, 0.6) is 0 Å². The van der Waals surface area contributed by atoms with Gasteiger partial charge in [0, 0.05) is 37.4 Å². The van der Waals surface area contributed by atoms with Gasteiger partial charge in [0.25, 0.3) is 0 Å². The van der Waals surface area contributed by atoms with Gasteiger partial charge in [-0.05, 0) is 57.9 Å². The second-order valence-electron chi connectivity index (χ2n) is 8.07. The fourth-order valence-electron chi connectivity index (χ4n) is 3.41. The average molecular weight is 373 g/mol. The van der Waals surface area contributed by atoms with E-state index in [0.717, 1.165) is 37.3 Å². The number of hydrogen-bond acceptors (Lipinski definition) is 5. The van der Waals surface area contributed by atoms with E-state index in [4.69, 9.17) is 4.74 Å². The van der Waals surface area contributed by atoms with Crippen molar-refractivity contribution < 1.29 is 19.1 Å². The number of nitrogens with zero attached hydrogens (tertiary/aromatic N) is 2. The number of amides is 3. The van der Waals surface area contributed by atoms with Gasteiger partial charge in [0.2, 0.25) is 5.91 Å². The Morgan fingerprint density at radius 2 is 1.63 bits per heavy atom. The van der Waals surface area contributed by atoms with Crippen LogP contribution in [-0.2, 0) is 14.3 Å². The number of imide groups is 1. The van der Waals surface area contributed by atoms with Crippen LogP contribution >= 0.6 is 0 Å². The van der Waals surface area contributed by atoms with Crippen LogP contribution in [0, 0.1) is 5.92 Å². The molecule has 0 unspecified atom stereocenters. The van der Waals surface area contributed by atoms with Gasteiger partial charge in [-0.2, -0.15) is 0 Å². The number of urea groups is 1. The van der Waals surface area contributed by atoms with Crippen molar-refractivity contribution in [2.75, 3.05) is 29.4 Å². The lowest BCUT2D eigenvalue weighted by atomic mass is 9.96. The Morgan fingerprint density at radius 1 is 1.04 bits per heavy atom. The van der Waals surface area contributed by atoms with Crippen molar-refractivity contribution in [3.8, 4) is 0 Å². The fourth-order valence-corrected chi connectivity index (χ4v) is 3.41. The van der Waals surface area contributed by atoms with Gasteiger partial charge in [-0.3, -0.25) is 19.8 Å². The number of hydrogen-bond donors (Lipinski definition) is 1. The maximum absolute atomic E-state index is 12.2. The van der Waals surface area contributed by atoms with E-state index < -0.39 is 5.60 Å². The van der Waals surface area contributed by atoms with Crippen LogP contribution in [0.1, 0.15) is 40.0 Å². The van der Waals surface area contributed by atoms with Crippen LogP contribution in [0.15, 0.2) is 24.3 Å². The minimum absolute atomic E-state index is 0.0469. The van der Waals surface area contributed by atoms with Gasteiger partial charge in [-0.15, -0.1) is 0 Å². The number of nitrogens with one attached hydrogen (secondary N) is 1. The van der Waals surface area contributed by atoms with Crippen molar-refractivity contribution in [2.45, 2.75) is 45.6 Å². The van der Waals surface area contributed by atoms with E-state index in [1.165, 1.54) is 0 Å².